The van der Waals surface area contributed by atoms with E-state index in [-0.39, 0.29) is 5.95 Å². The highest BCUT2D eigenvalue weighted by Gasteiger charge is 2.16. The molecular formula is C13H15FN2. The van der Waals surface area contributed by atoms with E-state index in [1.165, 1.54) is 19.5 Å². The van der Waals surface area contributed by atoms with E-state index in [0.717, 1.165) is 29.4 Å². The molecule has 1 aliphatic heterocycles. The highest BCUT2D eigenvalue weighted by molar-refractivity contribution is 5.83. The SMILES string of the molecule is Fc1[nH]c2ccccc2c1CCN1CCC1. The number of fused-ring (bicyclic) bond motifs is 1. The lowest BCUT2D eigenvalue weighted by Gasteiger charge is -2.30. The second kappa shape index (κ2) is 3.91. The maximum atomic E-state index is 13.7. The smallest absolute Gasteiger partial charge is 0.195 e. The van der Waals surface area contributed by atoms with Crippen LogP contribution >= 0.6 is 0 Å². The summed E-state index contributed by atoms with van der Waals surface area (Å²) in [4.78, 5) is 5.16. The lowest BCUT2D eigenvalue weighted by molar-refractivity contribution is 0.183. The number of halogens is 1. The van der Waals surface area contributed by atoms with E-state index in [1.807, 2.05) is 24.3 Å². The number of rotatable bonds is 3. The Morgan fingerprint density at radius 1 is 1.25 bits per heavy atom. The van der Waals surface area contributed by atoms with Gasteiger partial charge in [-0.25, -0.2) is 0 Å². The Morgan fingerprint density at radius 3 is 2.81 bits per heavy atom. The monoisotopic (exact) mass is 218 g/mol. The molecule has 1 aromatic carbocycles. The van der Waals surface area contributed by atoms with Crippen LogP contribution < -0.4 is 0 Å². The summed E-state index contributed by atoms with van der Waals surface area (Å²) in [6.45, 7) is 3.31. The van der Waals surface area contributed by atoms with Gasteiger partial charge in [0, 0.05) is 23.0 Å². The summed E-state index contributed by atoms with van der Waals surface area (Å²) in [6.07, 6.45) is 2.09. The van der Waals surface area contributed by atoms with E-state index < -0.39 is 0 Å². The highest BCUT2D eigenvalue weighted by Crippen LogP contribution is 2.22. The zero-order valence-electron chi connectivity index (χ0n) is 9.17. The van der Waals surface area contributed by atoms with Gasteiger partial charge in [-0.1, -0.05) is 18.2 Å². The number of likely N-dealkylation sites (tertiary alicyclic amines) is 1. The predicted octanol–water partition coefficient (Wildman–Crippen LogP) is 2.56. The lowest BCUT2D eigenvalue weighted by atomic mass is 10.1. The van der Waals surface area contributed by atoms with Crippen molar-refractivity contribution in [1.29, 1.82) is 0 Å². The summed E-state index contributed by atoms with van der Waals surface area (Å²) in [5.41, 5.74) is 1.74. The van der Waals surface area contributed by atoms with Crippen LogP contribution in [-0.2, 0) is 6.42 Å². The quantitative estimate of drug-likeness (QED) is 0.838. The van der Waals surface area contributed by atoms with Crippen LogP contribution in [0.3, 0.4) is 0 Å². The fraction of sp³-hybridized carbons (Fsp3) is 0.385. The Bertz CT molecular complexity index is 500. The van der Waals surface area contributed by atoms with Crippen LogP contribution in [0, 0.1) is 5.95 Å². The summed E-state index contributed by atoms with van der Waals surface area (Å²) in [6, 6.07) is 7.80. The van der Waals surface area contributed by atoms with Gasteiger partial charge in [-0.15, -0.1) is 0 Å². The van der Waals surface area contributed by atoms with E-state index >= 15 is 0 Å². The van der Waals surface area contributed by atoms with Gasteiger partial charge in [0.15, 0.2) is 5.95 Å². The van der Waals surface area contributed by atoms with Crippen molar-refractivity contribution in [1.82, 2.24) is 9.88 Å². The molecule has 0 saturated carbocycles. The number of H-pyrrole nitrogens is 1. The number of para-hydroxylation sites is 1. The Kier molecular flexibility index (Phi) is 2.40. The Labute approximate surface area is 94.1 Å². The lowest BCUT2D eigenvalue weighted by Crippen LogP contribution is -2.38. The Balaban J connectivity index is 1.86. The van der Waals surface area contributed by atoms with Crippen molar-refractivity contribution in [2.75, 3.05) is 19.6 Å². The summed E-state index contributed by atoms with van der Waals surface area (Å²) in [7, 11) is 0. The number of benzene rings is 1. The summed E-state index contributed by atoms with van der Waals surface area (Å²) >= 11 is 0. The molecule has 0 atom stereocenters. The van der Waals surface area contributed by atoms with Gasteiger partial charge in [-0.05, 0) is 32.0 Å². The summed E-state index contributed by atoms with van der Waals surface area (Å²) < 4.78 is 13.7. The zero-order valence-corrected chi connectivity index (χ0v) is 9.17. The molecule has 1 aromatic heterocycles. The molecule has 16 heavy (non-hydrogen) atoms. The molecule has 84 valence electrons. The van der Waals surface area contributed by atoms with Gasteiger partial charge in [-0.2, -0.15) is 4.39 Å². The van der Waals surface area contributed by atoms with Gasteiger partial charge in [0.2, 0.25) is 0 Å². The van der Waals surface area contributed by atoms with Gasteiger partial charge < -0.3 is 9.88 Å². The second-order valence-electron chi connectivity index (χ2n) is 4.41. The number of aromatic nitrogens is 1. The van der Waals surface area contributed by atoms with Crippen LogP contribution in [-0.4, -0.2) is 29.5 Å². The second-order valence-corrected chi connectivity index (χ2v) is 4.41. The highest BCUT2D eigenvalue weighted by atomic mass is 19.1. The molecule has 0 amide bonds. The first kappa shape index (κ1) is 9.85. The molecule has 0 spiro atoms. The molecule has 2 heterocycles. The zero-order chi connectivity index (χ0) is 11.0. The topological polar surface area (TPSA) is 19.0 Å². The largest absolute Gasteiger partial charge is 0.331 e. The van der Waals surface area contributed by atoms with Crippen molar-refractivity contribution in [2.24, 2.45) is 0 Å². The first-order chi connectivity index (χ1) is 7.84. The molecule has 1 aliphatic rings. The summed E-state index contributed by atoms with van der Waals surface area (Å²) in [5.74, 6) is -0.165. The first-order valence-corrected chi connectivity index (χ1v) is 5.82. The van der Waals surface area contributed by atoms with Crippen LogP contribution in [0.4, 0.5) is 4.39 Å². The average Bonchev–Trinajstić information content (AvgIpc) is 2.53. The maximum absolute atomic E-state index is 13.7. The number of hydrogen-bond donors (Lipinski definition) is 1. The molecule has 0 unspecified atom stereocenters. The molecule has 1 saturated heterocycles. The van der Waals surface area contributed by atoms with E-state index in [9.17, 15) is 4.39 Å². The molecule has 2 nitrogen and oxygen atoms in total. The number of hydrogen-bond acceptors (Lipinski definition) is 1. The van der Waals surface area contributed by atoms with Crippen LogP contribution in [0.15, 0.2) is 24.3 Å². The third-order valence-electron chi connectivity index (χ3n) is 3.39. The molecule has 3 rings (SSSR count). The number of nitrogens with one attached hydrogen (secondary N) is 1. The van der Waals surface area contributed by atoms with Gasteiger partial charge >= 0.3 is 0 Å². The predicted molar refractivity (Wildman–Crippen MR) is 63.0 cm³/mol. The number of nitrogens with zero attached hydrogens (tertiary/aromatic N) is 1. The molecule has 2 aromatic rings. The van der Waals surface area contributed by atoms with Crippen molar-refractivity contribution in [3.05, 3.63) is 35.8 Å². The van der Waals surface area contributed by atoms with Crippen molar-refractivity contribution in [3.8, 4) is 0 Å². The van der Waals surface area contributed by atoms with E-state index in [2.05, 4.69) is 9.88 Å². The minimum absolute atomic E-state index is 0.165. The van der Waals surface area contributed by atoms with Crippen LogP contribution in [0.25, 0.3) is 10.9 Å². The van der Waals surface area contributed by atoms with Crippen LogP contribution in [0.2, 0.25) is 0 Å². The van der Waals surface area contributed by atoms with Gasteiger partial charge in [0.1, 0.15) is 0 Å². The Morgan fingerprint density at radius 2 is 2.06 bits per heavy atom. The van der Waals surface area contributed by atoms with Crippen molar-refractivity contribution in [3.63, 3.8) is 0 Å². The first-order valence-electron chi connectivity index (χ1n) is 5.82. The van der Waals surface area contributed by atoms with Gasteiger partial charge in [-0.3, -0.25) is 0 Å². The normalized spacial score (nSPS) is 16.6. The van der Waals surface area contributed by atoms with E-state index in [0.29, 0.717) is 0 Å². The average molecular weight is 218 g/mol. The molecule has 0 radical (unpaired) electrons. The molecular weight excluding hydrogens is 203 g/mol. The third-order valence-corrected chi connectivity index (χ3v) is 3.39. The standard InChI is InChI=1S/C13H15FN2/c14-13-11(6-9-16-7-3-8-16)10-4-1-2-5-12(10)15-13/h1-2,4-5,15H,3,6-9H2. The minimum atomic E-state index is -0.165. The van der Waals surface area contributed by atoms with Gasteiger partial charge in [0.25, 0.3) is 0 Å². The van der Waals surface area contributed by atoms with Crippen molar-refractivity contribution >= 4 is 10.9 Å². The fourth-order valence-electron chi connectivity index (χ4n) is 2.29. The maximum Gasteiger partial charge on any atom is 0.195 e. The number of aromatic amines is 1. The molecule has 0 aliphatic carbocycles. The van der Waals surface area contributed by atoms with Crippen LogP contribution in [0.5, 0.6) is 0 Å². The van der Waals surface area contributed by atoms with E-state index in [4.69, 9.17) is 0 Å². The molecule has 3 heteroatoms. The van der Waals surface area contributed by atoms with Crippen molar-refractivity contribution < 1.29 is 4.39 Å². The Hall–Kier alpha value is -1.35. The molecule has 1 N–H and O–H groups in total. The molecule has 1 fully saturated rings. The minimum Gasteiger partial charge on any atom is -0.331 e. The van der Waals surface area contributed by atoms with E-state index in [1.54, 1.807) is 0 Å². The van der Waals surface area contributed by atoms with Crippen LogP contribution in [0.1, 0.15) is 12.0 Å². The van der Waals surface area contributed by atoms with Gasteiger partial charge in [0.05, 0.1) is 0 Å². The summed E-state index contributed by atoms with van der Waals surface area (Å²) in [5, 5.41) is 1.03. The fourth-order valence-corrected chi connectivity index (χ4v) is 2.29. The third kappa shape index (κ3) is 1.61. The molecule has 0 bridgehead atoms. The van der Waals surface area contributed by atoms with Crippen molar-refractivity contribution in [2.45, 2.75) is 12.8 Å².